The number of pyridine rings is 1. The second-order valence-electron chi connectivity index (χ2n) is 6.99. The summed E-state index contributed by atoms with van der Waals surface area (Å²) < 4.78 is 52.0. The lowest BCUT2D eigenvalue weighted by atomic mass is 10.1. The predicted molar refractivity (Wildman–Crippen MR) is 102 cm³/mol. The monoisotopic (exact) mass is 425 g/mol. The molecule has 11 heteroatoms. The number of aliphatic hydroxyl groups excluding tert-OH is 1. The maximum absolute atomic E-state index is 13.8. The summed E-state index contributed by atoms with van der Waals surface area (Å²) in [7, 11) is 0. The number of aromatic nitrogens is 3. The summed E-state index contributed by atoms with van der Waals surface area (Å²) in [6.07, 6.45) is -3.51. The van der Waals surface area contributed by atoms with Crippen LogP contribution >= 0.6 is 0 Å². The first-order valence-electron chi connectivity index (χ1n) is 9.67. The van der Waals surface area contributed by atoms with E-state index in [9.17, 15) is 18.3 Å². The van der Waals surface area contributed by atoms with E-state index in [0.717, 1.165) is 12.3 Å². The van der Waals surface area contributed by atoms with Crippen LogP contribution in [0.1, 0.15) is 11.3 Å². The normalized spacial score (nSPS) is 18.0. The Morgan fingerprint density at radius 1 is 0.933 bits per heavy atom. The molecule has 162 valence electrons. The Labute approximate surface area is 171 Å². The van der Waals surface area contributed by atoms with Gasteiger partial charge in [0.2, 0.25) is 5.95 Å². The van der Waals surface area contributed by atoms with E-state index in [2.05, 4.69) is 15.0 Å². The van der Waals surface area contributed by atoms with Gasteiger partial charge in [0.05, 0.1) is 50.0 Å². The minimum atomic E-state index is -4.62. The first-order chi connectivity index (χ1) is 14.5. The number of nitrogens with zero attached hydrogens (tertiary/aromatic N) is 5. The number of anilines is 2. The van der Waals surface area contributed by atoms with Crippen LogP contribution in [0.3, 0.4) is 0 Å². The molecule has 0 bridgehead atoms. The Morgan fingerprint density at radius 2 is 1.57 bits per heavy atom. The lowest BCUT2D eigenvalue weighted by Crippen LogP contribution is -2.39. The van der Waals surface area contributed by atoms with Crippen LogP contribution in [0.2, 0.25) is 0 Å². The Kier molecular flexibility index (Phi) is 6.02. The zero-order valence-corrected chi connectivity index (χ0v) is 16.2. The smallest absolute Gasteiger partial charge is 0.390 e. The zero-order chi connectivity index (χ0) is 21.1. The third-order valence-electron chi connectivity index (χ3n) is 5.03. The van der Waals surface area contributed by atoms with Crippen molar-refractivity contribution in [2.45, 2.75) is 12.8 Å². The Balaban J connectivity index is 1.82. The fourth-order valence-corrected chi connectivity index (χ4v) is 3.44. The molecule has 2 aromatic rings. The van der Waals surface area contributed by atoms with Crippen LogP contribution in [-0.2, 0) is 22.3 Å². The molecule has 2 aliphatic rings. The lowest BCUT2D eigenvalue weighted by Gasteiger charge is -2.31. The van der Waals surface area contributed by atoms with Gasteiger partial charge in [-0.2, -0.15) is 18.2 Å². The van der Waals surface area contributed by atoms with Crippen molar-refractivity contribution >= 4 is 11.8 Å². The molecule has 8 nitrogen and oxygen atoms in total. The van der Waals surface area contributed by atoms with Gasteiger partial charge in [-0.15, -0.1) is 0 Å². The van der Waals surface area contributed by atoms with Crippen LogP contribution in [0.5, 0.6) is 0 Å². The Bertz CT molecular complexity index is 848. The van der Waals surface area contributed by atoms with E-state index in [1.807, 2.05) is 9.80 Å². The highest BCUT2D eigenvalue weighted by atomic mass is 19.4. The van der Waals surface area contributed by atoms with Gasteiger partial charge < -0.3 is 24.4 Å². The highest BCUT2D eigenvalue weighted by molar-refractivity contribution is 5.68. The molecule has 1 N–H and O–H groups in total. The molecule has 0 aliphatic carbocycles. The molecule has 2 fully saturated rings. The number of hydrogen-bond donors (Lipinski definition) is 1. The van der Waals surface area contributed by atoms with E-state index in [0.29, 0.717) is 64.4 Å². The predicted octanol–water partition coefficient (Wildman–Crippen LogP) is 1.72. The summed E-state index contributed by atoms with van der Waals surface area (Å²) in [5.74, 6) is 0.904. The van der Waals surface area contributed by atoms with Crippen molar-refractivity contribution in [3.8, 4) is 11.3 Å². The lowest BCUT2D eigenvalue weighted by molar-refractivity contribution is -0.137. The third-order valence-corrected chi connectivity index (χ3v) is 5.03. The first-order valence-corrected chi connectivity index (χ1v) is 9.67. The van der Waals surface area contributed by atoms with Crippen LogP contribution < -0.4 is 9.80 Å². The second-order valence-corrected chi connectivity index (χ2v) is 6.99. The van der Waals surface area contributed by atoms with E-state index in [4.69, 9.17) is 9.47 Å². The Hall–Kier alpha value is -2.50. The van der Waals surface area contributed by atoms with E-state index >= 15 is 0 Å². The maximum Gasteiger partial charge on any atom is 0.417 e. The summed E-state index contributed by atoms with van der Waals surface area (Å²) in [6, 6.07) is 2.42. The van der Waals surface area contributed by atoms with Crippen LogP contribution in [-0.4, -0.2) is 72.7 Å². The maximum atomic E-state index is 13.8. The highest BCUT2D eigenvalue weighted by Crippen LogP contribution is 2.38. The van der Waals surface area contributed by atoms with Gasteiger partial charge in [0, 0.05) is 44.0 Å². The quantitative estimate of drug-likeness (QED) is 0.793. The molecular weight excluding hydrogens is 403 g/mol. The average molecular weight is 425 g/mol. The van der Waals surface area contributed by atoms with E-state index in [-0.39, 0.29) is 17.0 Å². The summed E-state index contributed by atoms with van der Waals surface area (Å²) >= 11 is 0. The van der Waals surface area contributed by atoms with Crippen molar-refractivity contribution < 1.29 is 27.8 Å². The molecule has 2 saturated heterocycles. The van der Waals surface area contributed by atoms with Gasteiger partial charge in [0.1, 0.15) is 5.82 Å². The molecular formula is C19H22F3N5O3. The van der Waals surface area contributed by atoms with Crippen LogP contribution in [0.25, 0.3) is 11.3 Å². The van der Waals surface area contributed by atoms with E-state index < -0.39 is 18.3 Å². The van der Waals surface area contributed by atoms with Crippen molar-refractivity contribution in [3.05, 3.63) is 29.6 Å². The van der Waals surface area contributed by atoms with Gasteiger partial charge in [-0.25, -0.2) is 4.98 Å². The van der Waals surface area contributed by atoms with Crippen molar-refractivity contribution in [1.29, 1.82) is 0 Å². The molecule has 0 radical (unpaired) electrons. The van der Waals surface area contributed by atoms with E-state index in [1.54, 1.807) is 6.07 Å². The summed E-state index contributed by atoms with van der Waals surface area (Å²) in [5, 5.41) is 9.23. The fraction of sp³-hybridized carbons (Fsp3) is 0.526. The Morgan fingerprint density at radius 3 is 2.17 bits per heavy atom. The molecule has 0 atom stereocenters. The van der Waals surface area contributed by atoms with Crippen molar-refractivity contribution in [2.75, 3.05) is 62.4 Å². The summed E-state index contributed by atoms with van der Waals surface area (Å²) in [6.45, 7) is 3.76. The van der Waals surface area contributed by atoms with Crippen LogP contribution in [0.4, 0.5) is 24.9 Å². The molecule has 0 unspecified atom stereocenters. The number of rotatable bonds is 4. The molecule has 0 saturated carbocycles. The number of morpholine rings is 2. The minimum Gasteiger partial charge on any atom is -0.390 e. The molecule has 2 aromatic heterocycles. The number of halogens is 3. The van der Waals surface area contributed by atoms with Crippen LogP contribution in [0, 0.1) is 0 Å². The highest BCUT2D eigenvalue weighted by Gasteiger charge is 2.35. The van der Waals surface area contributed by atoms with Gasteiger partial charge in [0.25, 0.3) is 0 Å². The van der Waals surface area contributed by atoms with Gasteiger partial charge in [-0.05, 0) is 6.07 Å². The molecule has 0 aromatic carbocycles. The number of hydrogen-bond acceptors (Lipinski definition) is 8. The molecule has 4 rings (SSSR count). The topological polar surface area (TPSA) is 83.8 Å². The SMILES string of the molecule is OCc1cc(C(F)(F)F)c(-c2cc(N3CCOCC3)nc(N3CCOCC3)n2)cn1. The molecule has 2 aliphatic heterocycles. The van der Waals surface area contributed by atoms with Gasteiger partial charge in [-0.3, -0.25) is 4.98 Å². The van der Waals surface area contributed by atoms with Gasteiger partial charge >= 0.3 is 6.18 Å². The second kappa shape index (κ2) is 8.70. The van der Waals surface area contributed by atoms with Crippen molar-refractivity contribution in [1.82, 2.24) is 15.0 Å². The average Bonchev–Trinajstić information content (AvgIpc) is 2.79. The molecule has 4 heterocycles. The number of alkyl halides is 3. The molecule has 0 amide bonds. The standard InChI is InChI=1S/C19H22F3N5O3/c20-19(21,22)15-9-13(12-28)23-11-14(15)16-10-17(26-1-5-29-6-2-26)25-18(24-16)27-3-7-30-8-4-27/h9-11,28H,1-8,12H2. The minimum absolute atomic E-state index is 0.0538. The largest absolute Gasteiger partial charge is 0.417 e. The van der Waals surface area contributed by atoms with Crippen LogP contribution in [0.15, 0.2) is 18.3 Å². The van der Waals surface area contributed by atoms with Gasteiger partial charge in [-0.1, -0.05) is 0 Å². The molecule has 0 spiro atoms. The summed E-state index contributed by atoms with van der Waals surface area (Å²) in [4.78, 5) is 16.9. The molecule has 30 heavy (non-hydrogen) atoms. The number of ether oxygens (including phenoxy) is 2. The zero-order valence-electron chi connectivity index (χ0n) is 16.2. The van der Waals surface area contributed by atoms with Crippen molar-refractivity contribution in [3.63, 3.8) is 0 Å². The van der Waals surface area contributed by atoms with E-state index in [1.165, 1.54) is 0 Å². The summed E-state index contributed by atoms with van der Waals surface area (Å²) in [5.41, 5.74) is -0.952. The fourth-order valence-electron chi connectivity index (χ4n) is 3.44. The van der Waals surface area contributed by atoms with Crippen molar-refractivity contribution in [2.24, 2.45) is 0 Å². The van der Waals surface area contributed by atoms with Gasteiger partial charge in [0.15, 0.2) is 0 Å². The third kappa shape index (κ3) is 4.47. The first kappa shape index (κ1) is 20.8. The number of aliphatic hydroxyl groups is 1.